The molecule has 8 nitrogen and oxygen atoms in total. The fourth-order valence-corrected chi connectivity index (χ4v) is 3.89. The van der Waals surface area contributed by atoms with Gasteiger partial charge in [-0.3, -0.25) is 9.59 Å². The van der Waals surface area contributed by atoms with Crippen molar-refractivity contribution in [2.24, 2.45) is 12.1 Å². The number of imidazole rings is 1. The Hall–Kier alpha value is -3.94. The summed E-state index contributed by atoms with van der Waals surface area (Å²) in [6.45, 7) is 0.530. The maximum Gasteiger partial charge on any atom is 0.243 e. The number of carbonyl (C=O) groups excluding carboxylic acids is 2. The molecule has 2 amide bonds. The van der Waals surface area contributed by atoms with E-state index in [2.05, 4.69) is 15.4 Å². The number of hydrazone groups is 1. The second-order valence-electron chi connectivity index (χ2n) is 7.82. The third-order valence-electron chi connectivity index (χ3n) is 5.63. The highest BCUT2D eigenvalue weighted by molar-refractivity contribution is 6.02. The van der Waals surface area contributed by atoms with Gasteiger partial charge in [-0.25, -0.2) is 9.99 Å². The minimum atomic E-state index is -0.502. The van der Waals surface area contributed by atoms with E-state index in [1.165, 1.54) is 5.01 Å². The van der Waals surface area contributed by atoms with Gasteiger partial charge < -0.3 is 14.6 Å². The number of ether oxygens (including phenoxy) is 1. The Balaban J connectivity index is 1.42. The van der Waals surface area contributed by atoms with E-state index in [1.54, 1.807) is 13.3 Å². The van der Waals surface area contributed by atoms with Crippen molar-refractivity contribution in [3.63, 3.8) is 0 Å². The highest BCUT2D eigenvalue weighted by atomic mass is 16.5. The van der Waals surface area contributed by atoms with Gasteiger partial charge in [-0.05, 0) is 11.6 Å². The highest BCUT2D eigenvalue weighted by Gasteiger charge is 2.25. The largest absolute Gasteiger partial charge is 0.496 e. The molecule has 1 aliphatic heterocycles. The molecule has 0 aliphatic carbocycles. The molecule has 1 aromatic heterocycles. The molecule has 1 aliphatic rings. The SMILES string of the molecule is COc1ccccc1C(NC(=O)CCC(=O)N1CCC(c2ccccc2)=N1)c1nccn1C. The van der Waals surface area contributed by atoms with E-state index in [0.717, 1.165) is 16.8 Å². The zero-order chi connectivity index (χ0) is 23.2. The molecule has 2 heterocycles. The second-order valence-corrected chi connectivity index (χ2v) is 7.82. The van der Waals surface area contributed by atoms with Crippen LogP contribution in [0.2, 0.25) is 0 Å². The summed E-state index contributed by atoms with van der Waals surface area (Å²) < 4.78 is 7.35. The molecule has 2 aromatic carbocycles. The Kier molecular flexibility index (Phi) is 6.83. The first kappa shape index (κ1) is 22.3. The number of rotatable bonds is 8. The van der Waals surface area contributed by atoms with Gasteiger partial charge in [0.1, 0.15) is 17.6 Å². The van der Waals surface area contributed by atoms with Gasteiger partial charge in [0, 0.05) is 44.3 Å². The molecule has 1 atom stereocenters. The molecule has 4 rings (SSSR count). The van der Waals surface area contributed by atoms with Gasteiger partial charge in [-0.1, -0.05) is 48.5 Å². The summed E-state index contributed by atoms with van der Waals surface area (Å²) in [5, 5.41) is 8.95. The molecular formula is C25H27N5O3. The molecule has 33 heavy (non-hydrogen) atoms. The lowest BCUT2D eigenvalue weighted by Crippen LogP contribution is -2.32. The molecular weight excluding hydrogens is 418 g/mol. The van der Waals surface area contributed by atoms with E-state index in [0.29, 0.717) is 24.5 Å². The van der Waals surface area contributed by atoms with Crippen LogP contribution in [0.15, 0.2) is 72.1 Å². The number of aromatic nitrogens is 2. The number of carbonyl (C=O) groups is 2. The van der Waals surface area contributed by atoms with Crippen LogP contribution in [0.3, 0.4) is 0 Å². The topological polar surface area (TPSA) is 88.8 Å². The van der Waals surface area contributed by atoms with Crippen LogP contribution in [0.25, 0.3) is 0 Å². The molecule has 0 saturated carbocycles. The van der Waals surface area contributed by atoms with Crippen molar-refractivity contribution in [3.8, 4) is 5.75 Å². The normalized spacial score (nSPS) is 14.0. The van der Waals surface area contributed by atoms with Gasteiger partial charge in [-0.2, -0.15) is 5.10 Å². The Morgan fingerprint density at radius 2 is 1.85 bits per heavy atom. The van der Waals surface area contributed by atoms with Gasteiger partial charge in [0.05, 0.1) is 19.4 Å². The number of aryl methyl sites for hydroxylation is 1. The third-order valence-corrected chi connectivity index (χ3v) is 5.63. The highest BCUT2D eigenvalue weighted by Crippen LogP contribution is 2.29. The fraction of sp³-hybridized carbons (Fsp3) is 0.280. The van der Waals surface area contributed by atoms with Crippen molar-refractivity contribution in [1.82, 2.24) is 19.9 Å². The average Bonchev–Trinajstić information content (AvgIpc) is 3.51. The Morgan fingerprint density at radius 1 is 1.09 bits per heavy atom. The third kappa shape index (κ3) is 5.11. The standard InChI is InChI=1S/C25H27N5O3/c1-29-17-15-26-25(29)24(19-10-6-7-11-21(19)33-2)27-22(31)12-13-23(32)30-16-14-20(28-30)18-8-4-3-5-9-18/h3-11,15,17,24H,12-14,16H2,1-2H3,(H,27,31). The smallest absolute Gasteiger partial charge is 0.243 e. The Morgan fingerprint density at radius 3 is 2.58 bits per heavy atom. The molecule has 0 saturated heterocycles. The maximum atomic E-state index is 12.8. The Labute approximate surface area is 192 Å². The first-order chi connectivity index (χ1) is 16.1. The minimum Gasteiger partial charge on any atom is -0.496 e. The number of amides is 2. The summed E-state index contributed by atoms with van der Waals surface area (Å²) in [5.41, 5.74) is 2.70. The van der Waals surface area contributed by atoms with Crippen molar-refractivity contribution in [2.75, 3.05) is 13.7 Å². The van der Waals surface area contributed by atoms with Crippen molar-refractivity contribution >= 4 is 17.5 Å². The van der Waals surface area contributed by atoms with Gasteiger partial charge in [0.25, 0.3) is 0 Å². The molecule has 0 fully saturated rings. The van der Waals surface area contributed by atoms with Gasteiger partial charge in [0.15, 0.2) is 0 Å². The van der Waals surface area contributed by atoms with Gasteiger partial charge >= 0.3 is 0 Å². The number of benzene rings is 2. The van der Waals surface area contributed by atoms with Crippen LogP contribution in [-0.4, -0.2) is 45.7 Å². The molecule has 0 bridgehead atoms. The van der Waals surface area contributed by atoms with Crippen molar-refractivity contribution < 1.29 is 14.3 Å². The lowest BCUT2D eigenvalue weighted by atomic mass is 10.0. The van der Waals surface area contributed by atoms with Crippen LogP contribution in [0.4, 0.5) is 0 Å². The number of hydrogen-bond acceptors (Lipinski definition) is 5. The summed E-state index contributed by atoms with van der Waals surface area (Å²) in [5.74, 6) is 0.924. The van der Waals surface area contributed by atoms with Crippen LogP contribution in [0.1, 0.15) is 42.3 Å². The first-order valence-corrected chi connectivity index (χ1v) is 10.9. The number of methoxy groups -OCH3 is 1. The number of nitrogens with one attached hydrogen (secondary N) is 1. The van der Waals surface area contributed by atoms with Crippen molar-refractivity contribution in [2.45, 2.75) is 25.3 Å². The number of hydrogen-bond donors (Lipinski definition) is 1. The monoisotopic (exact) mass is 445 g/mol. The predicted molar refractivity (Wildman–Crippen MR) is 125 cm³/mol. The van der Waals surface area contributed by atoms with Gasteiger partial charge in [0.2, 0.25) is 11.8 Å². The van der Waals surface area contributed by atoms with E-state index in [1.807, 2.05) is 72.4 Å². The lowest BCUT2D eigenvalue weighted by Gasteiger charge is -2.21. The van der Waals surface area contributed by atoms with E-state index in [4.69, 9.17) is 4.74 Å². The average molecular weight is 446 g/mol. The predicted octanol–water partition coefficient (Wildman–Crippen LogP) is 3.05. The summed E-state index contributed by atoms with van der Waals surface area (Å²) in [6, 6.07) is 16.8. The van der Waals surface area contributed by atoms with Crippen LogP contribution < -0.4 is 10.1 Å². The summed E-state index contributed by atoms with van der Waals surface area (Å²) >= 11 is 0. The summed E-state index contributed by atoms with van der Waals surface area (Å²) in [6.07, 6.45) is 4.35. The molecule has 1 N–H and O–H groups in total. The maximum absolute atomic E-state index is 12.8. The molecule has 8 heteroatoms. The zero-order valence-corrected chi connectivity index (χ0v) is 18.8. The van der Waals surface area contributed by atoms with E-state index >= 15 is 0 Å². The fourth-order valence-electron chi connectivity index (χ4n) is 3.89. The van der Waals surface area contributed by atoms with Gasteiger partial charge in [-0.15, -0.1) is 0 Å². The van der Waals surface area contributed by atoms with E-state index in [9.17, 15) is 9.59 Å². The molecule has 0 radical (unpaired) electrons. The molecule has 1 unspecified atom stereocenters. The van der Waals surface area contributed by atoms with Crippen molar-refractivity contribution in [1.29, 1.82) is 0 Å². The first-order valence-electron chi connectivity index (χ1n) is 10.9. The van der Waals surface area contributed by atoms with Crippen LogP contribution in [0, 0.1) is 0 Å². The number of para-hydroxylation sites is 1. The van der Waals surface area contributed by atoms with Crippen LogP contribution in [0.5, 0.6) is 5.75 Å². The lowest BCUT2D eigenvalue weighted by molar-refractivity contribution is -0.133. The zero-order valence-electron chi connectivity index (χ0n) is 18.8. The van der Waals surface area contributed by atoms with Crippen LogP contribution >= 0.6 is 0 Å². The van der Waals surface area contributed by atoms with Crippen LogP contribution in [-0.2, 0) is 16.6 Å². The minimum absolute atomic E-state index is 0.0571. The second kappa shape index (κ2) is 10.1. The quantitative estimate of drug-likeness (QED) is 0.577. The van der Waals surface area contributed by atoms with Crippen molar-refractivity contribution in [3.05, 3.63) is 83.9 Å². The van der Waals surface area contributed by atoms with E-state index in [-0.39, 0.29) is 24.7 Å². The number of nitrogens with zero attached hydrogens (tertiary/aromatic N) is 4. The summed E-state index contributed by atoms with van der Waals surface area (Å²) in [4.78, 5) is 29.9. The molecule has 3 aromatic rings. The molecule has 170 valence electrons. The molecule has 0 spiro atoms. The van der Waals surface area contributed by atoms with E-state index < -0.39 is 6.04 Å². The Bertz CT molecular complexity index is 1160. The summed E-state index contributed by atoms with van der Waals surface area (Å²) in [7, 11) is 3.46.